The molecule has 1 aliphatic heterocycles. The van der Waals surface area contributed by atoms with E-state index in [4.69, 9.17) is 0 Å². The SMILES string of the molecule is O=c1[nH]c2cccc3c2n1CC[C@@H](NCCCc1c[nH]c2ccccc12)[C@@H]3O. The summed E-state index contributed by atoms with van der Waals surface area (Å²) >= 11 is 0. The number of aromatic amines is 2. The second-order valence-corrected chi connectivity index (χ2v) is 7.58. The number of nitrogens with zero attached hydrogens (tertiary/aromatic N) is 1. The maximum atomic E-state index is 12.2. The Morgan fingerprint density at radius 1 is 1.14 bits per heavy atom. The summed E-state index contributed by atoms with van der Waals surface area (Å²) in [6.45, 7) is 1.43. The van der Waals surface area contributed by atoms with Crippen LogP contribution < -0.4 is 11.0 Å². The van der Waals surface area contributed by atoms with Crippen molar-refractivity contribution in [3.05, 3.63) is 70.3 Å². The summed E-state index contributed by atoms with van der Waals surface area (Å²) in [6.07, 6.45) is 4.15. The smallest absolute Gasteiger partial charge is 0.326 e. The Balaban J connectivity index is 1.27. The Bertz CT molecular complexity index is 1190. The molecule has 0 spiro atoms. The minimum absolute atomic E-state index is 0.0622. The number of aromatic nitrogens is 3. The van der Waals surface area contributed by atoms with Crippen LogP contribution in [0.15, 0.2) is 53.5 Å². The van der Waals surface area contributed by atoms with Gasteiger partial charge in [-0.3, -0.25) is 4.57 Å². The highest BCUT2D eigenvalue weighted by molar-refractivity contribution is 5.83. The summed E-state index contributed by atoms with van der Waals surface area (Å²) < 4.78 is 1.75. The normalized spacial score (nSPS) is 19.3. The average Bonchev–Trinajstić information content (AvgIpc) is 3.22. The molecular weight excluding hydrogens is 352 g/mol. The summed E-state index contributed by atoms with van der Waals surface area (Å²) in [5.74, 6) is 0. The van der Waals surface area contributed by atoms with Crippen molar-refractivity contribution in [2.75, 3.05) is 6.54 Å². The molecule has 4 aromatic rings. The monoisotopic (exact) mass is 376 g/mol. The molecule has 0 saturated heterocycles. The molecule has 0 unspecified atom stereocenters. The van der Waals surface area contributed by atoms with Crippen LogP contribution in [0.3, 0.4) is 0 Å². The van der Waals surface area contributed by atoms with Crippen molar-refractivity contribution in [1.29, 1.82) is 0 Å². The molecule has 0 aliphatic carbocycles. The predicted molar refractivity (Wildman–Crippen MR) is 111 cm³/mol. The van der Waals surface area contributed by atoms with Gasteiger partial charge in [0.2, 0.25) is 0 Å². The third-order valence-corrected chi connectivity index (χ3v) is 5.89. The van der Waals surface area contributed by atoms with E-state index in [9.17, 15) is 9.90 Å². The van der Waals surface area contributed by atoms with Crippen molar-refractivity contribution in [2.24, 2.45) is 0 Å². The maximum absolute atomic E-state index is 12.2. The van der Waals surface area contributed by atoms with Crippen LogP contribution in [0.4, 0.5) is 0 Å². The molecule has 6 heteroatoms. The highest BCUT2D eigenvalue weighted by atomic mass is 16.3. The number of benzene rings is 2. The quantitative estimate of drug-likeness (QED) is 0.404. The van der Waals surface area contributed by atoms with Gasteiger partial charge in [-0.2, -0.15) is 0 Å². The summed E-state index contributed by atoms with van der Waals surface area (Å²) in [7, 11) is 0. The number of hydrogen-bond donors (Lipinski definition) is 4. The lowest BCUT2D eigenvalue weighted by Crippen LogP contribution is -2.36. The van der Waals surface area contributed by atoms with Gasteiger partial charge in [0.15, 0.2) is 0 Å². The molecular formula is C22H24N4O2. The van der Waals surface area contributed by atoms with Gasteiger partial charge in [-0.1, -0.05) is 30.3 Å². The van der Waals surface area contributed by atoms with Crippen molar-refractivity contribution >= 4 is 21.9 Å². The topological polar surface area (TPSA) is 85.8 Å². The Morgan fingerprint density at radius 3 is 2.93 bits per heavy atom. The number of imidazole rings is 1. The molecule has 1 aliphatic rings. The number of hydrogen-bond acceptors (Lipinski definition) is 3. The van der Waals surface area contributed by atoms with E-state index in [1.165, 1.54) is 16.5 Å². The third kappa shape index (κ3) is 2.85. The number of rotatable bonds is 5. The average molecular weight is 376 g/mol. The molecule has 144 valence electrons. The first kappa shape index (κ1) is 17.3. The van der Waals surface area contributed by atoms with E-state index in [1.54, 1.807) is 4.57 Å². The lowest BCUT2D eigenvalue weighted by atomic mass is 9.99. The lowest BCUT2D eigenvalue weighted by molar-refractivity contribution is 0.125. The lowest BCUT2D eigenvalue weighted by Gasteiger charge is -2.22. The van der Waals surface area contributed by atoms with Gasteiger partial charge < -0.3 is 20.4 Å². The molecule has 0 bridgehead atoms. The first-order valence-electron chi connectivity index (χ1n) is 9.90. The predicted octanol–water partition coefficient (Wildman–Crippen LogP) is 2.84. The third-order valence-electron chi connectivity index (χ3n) is 5.89. The van der Waals surface area contributed by atoms with E-state index < -0.39 is 6.10 Å². The zero-order valence-corrected chi connectivity index (χ0v) is 15.6. The minimum Gasteiger partial charge on any atom is -0.387 e. The molecule has 2 aromatic carbocycles. The van der Waals surface area contributed by atoms with Gasteiger partial charge in [0, 0.05) is 35.2 Å². The molecule has 0 radical (unpaired) electrons. The van der Waals surface area contributed by atoms with Gasteiger partial charge >= 0.3 is 5.69 Å². The molecule has 2 atom stereocenters. The number of aliphatic hydroxyl groups excluding tert-OH is 1. The number of nitrogens with one attached hydrogen (secondary N) is 3. The van der Waals surface area contributed by atoms with Gasteiger partial charge in [-0.05, 0) is 43.5 Å². The largest absolute Gasteiger partial charge is 0.387 e. The Morgan fingerprint density at radius 2 is 2.00 bits per heavy atom. The van der Waals surface area contributed by atoms with Crippen LogP contribution in [0.25, 0.3) is 21.9 Å². The summed E-state index contributed by atoms with van der Waals surface area (Å²) in [5, 5.41) is 15.8. The van der Waals surface area contributed by atoms with E-state index in [-0.39, 0.29) is 11.7 Å². The second kappa shape index (κ2) is 6.96. The van der Waals surface area contributed by atoms with Crippen LogP contribution in [0, 0.1) is 0 Å². The van der Waals surface area contributed by atoms with Crippen LogP contribution in [0.2, 0.25) is 0 Å². The number of H-pyrrole nitrogens is 2. The van der Waals surface area contributed by atoms with Crippen molar-refractivity contribution in [3.63, 3.8) is 0 Å². The maximum Gasteiger partial charge on any atom is 0.326 e. The molecule has 0 amide bonds. The van der Waals surface area contributed by atoms with Crippen LogP contribution in [-0.2, 0) is 13.0 Å². The highest BCUT2D eigenvalue weighted by Crippen LogP contribution is 2.29. The van der Waals surface area contributed by atoms with E-state index >= 15 is 0 Å². The molecule has 3 heterocycles. The van der Waals surface area contributed by atoms with Crippen LogP contribution in [0.1, 0.15) is 30.1 Å². The minimum atomic E-state index is -0.624. The molecule has 0 saturated carbocycles. The number of aliphatic hydroxyl groups is 1. The first-order valence-corrected chi connectivity index (χ1v) is 9.90. The van der Waals surface area contributed by atoms with Crippen LogP contribution >= 0.6 is 0 Å². The molecule has 2 aromatic heterocycles. The van der Waals surface area contributed by atoms with E-state index in [1.807, 2.05) is 24.3 Å². The molecule has 5 rings (SSSR count). The fourth-order valence-electron chi connectivity index (χ4n) is 4.46. The molecule has 28 heavy (non-hydrogen) atoms. The van der Waals surface area contributed by atoms with Gasteiger partial charge in [0.25, 0.3) is 0 Å². The van der Waals surface area contributed by atoms with Gasteiger partial charge in [-0.25, -0.2) is 4.79 Å². The number of para-hydroxylation sites is 2. The number of fused-ring (bicyclic) bond motifs is 1. The standard InChI is InChI=1S/C22H24N4O2/c27-21-16-7-3-9-18-20(16)26(22(28)25-18)12-10-19(21)23-11-4-5-14-13-24-17-8-2-1-6-15(14)17/h1-3,6-9,13,19,21,23-24,27H,4-5,10-12H2,(H,25,28)/t19-,21-/m1/s1. The van der Waals surface area contributed by atoms with Gasteiger partial charge in [-0.15, -0.1) is 0 Å². The van der Waals surface area contributed by atoms with Crippen LogP contribution in [0.5, 0.6) is 0 Å². The fraction of sp³-hybridized carbons (Fsp3) is 0.318. The van der Waals surface area contributed by atoms with Crippen molar-refractivity contribution in [3.8, 4) is 0 Å². The number of aryl methyl sites for hydroxylation is 2. The molecule has 4 N–H and O–H groups in total. The Hall–Kier alpha value is -2.83. The van der Waals surface area contributed by atoms with Crippen molar-refractivity contribution in [2.45, 2.75) is 38.0 Å². The van der Waals surface area contributed by atoms with Crippen LogP contribution in [-0.4, -0.2) is 32.2 Å². The van der Waals surface area contributed by atoms with E-state index in [0.29, 0.717) is 6.54 Å². The Kier molecular flexibility index (Phi) is 4.30. The first-order chi connectivity index (χ1) is 13.7. The summed E-state index contributed by atoms with van der Waals surface area (Å²) in [4.78, 5) is 18.4. The van der Waals surface area contributed by atoms with Crippen molar-refractivity contribution in [1.82, 2.24) is 19.9 Å². The highest BCUT2D eigenvalue weighted by Gasteiger charge is 2.27. The zero-order chi connectivity index (χ0) is 19.1. The van der Waals surface area contributed by atoms with Gasteiger partial charge in [0.1, 0.15) is 0 Å². The fourth-order valence-corrected chi connectivity index (χ4v) is 4.46. The Labute approximate surface area is 162 Å². The zero-order valence-electron chi connectivity index (χ0n) is 15.6. The molecule has 6 nitrogen and oxygen atoms in total. The van der Waals surface area contributed by atoms with E-state index in [2.05, 4.69) is 39.7 Å². The van der Waals surface area contributed by atoms with E-state index in [0.717, 1.165) is 42.4 Å². The summed E-state index contributed by atoms with van der Waals surface area (Å²) in [5.41, 5.74) is 4.85. The van der Waals surface area contributed by atoms with Crippen molar-refractivity contribution < 1.29 is 5.11 Å². The second-order valence-electron chi connectivity index (χ2n) is 7.58. The molecule has 0 fully saturated rings. The van der Waals surface area contributed by atoms with Gasteiger partial charge in [0.05, 0.1) is 17.1 Å². The summed E-state index contributed by atoms with van der Waals surface area (Å²) in [6, 6.07) is 14.0.